The molecule has 6 heteroatoms. The monoisotopic (exact) mass is 456 g/mol. The summed E-state index contributed by atoms with van der Waals surface area (Å²) in [5, 5.41) is 3.11. The first kappa shape index (κ1) is 21.2. The zero-order valence-corrected chi connectivity index (χ0v) is 16.8. The van der Waals surface area contributed by atoms with Crippen molar-refractivity contribution in [3.8, 4) is 0 Å². The minimum absolute atomic E-state index is 0. The minimum Gasteiger partial charge on any atom is -0.372 e. The van der Waals surface area contributed by atoms with E-state index in [1.54, 1.807) is 12.1 Å². The molecule has 0 aliphatic heterocycles. The molecule has 136 valence electrons. The summed E-state index contributed by atoms with van der Waals surface area (Å²) in [5.41, 5.74) is 7.73. The Morgan fingerprint density at radius 1 is 1.12 bits per heavy atom. The van der Waals surface area contributed by atoms with Crippen LogP contribution in [0.3, 0.4) is 0 Å². The van der Waals surface area contributed by atoms with Gasteiger partial charge in [-0.2, -0.15) is 0 Å². The van der Waals surface area contributed by atoms with Crippen LogP contribution < -0.4 is 16.0 Å². The average molecular weight is 456 g/mol. The quantitative estimate of drug-likeness (QED) is 0.277. The van der Waals surface area contributed by atoms with Crippen molar-refractivity contribution in [3.05, 3.63) is 66.0 Å². The molecule has 0 fully saturated rings. The molecule has 0 saturated heterocycles. The highest BCUT2D eigenvalue weighted by Crippen LogP contribution is 2.16. The largest absolute Gasteiger partial charge is 0.372 e. The maximum Gasteiger partial charge on any atom is 0.188 e. The summed E-state index contributed by atoms with van der Waals surface area (Å²) in [7, 11) is 1.88. The molecule has 0 atom stereocenters. The van der Waals surface area contributed by atoms with Gasteiger partial charge in [0.1, 0.15) is 5.82 Å². The normalized spacial score (nSPS) is 10.9. The highest BCUT2D eigenvalue weighted by molar-refractivity contribution is 14.0. The lowest BCUT2D eigenvalue weighted by molar-refractivity contribution is 0.620. The van der Waals surface area contributed by atoms with Crippen molar-refractivity contribution in [2.45, 2.75) is 12.8 Å². The first-order valence-corrected chi connectivity index (χ1v) is 8.20. The molecule has 4 nitrogen and oxygen atoms in total. The van der Waals surface area contributed by atoms with Crippen molar-refractivity contribution in [2.24, 2.45) is 10.7 Å². The van der Waals surface area contributed by atoms with Gasteiger partial charge in [-0.1, -0.05) is 42.5 Å². The van der Waals surface area contributed by atoms with Crippen LogP contribution in [-0.4, -0.2) is 32.6 Å². The Labute approximate surface area is 166 Å². The molecule has 0 heterocycles. The van der Waals surface area contributed by atoms with Gasteiger partial charge in [0, 0.05) is 26.7 Å². The summed E-state index contributed by atoms with van der Waals surface area (Å²) in [6.07, 6.45) is 1.72. The molecule has 0 spiro atoms. The first-order chi connectivity index (χ1) is 11.7. The molecule has 2 aromatic rings. The van der Waals surface area contributed by atoms with Gasteiger partial charge in [0.05, 0.1) is 5.69 Å². The van der Waals surface area contributed by atoms with Gasteiger partial charge in [-0.25, -0.2) is 4.39 Å². The predicted octanol–water partition coefficient (Wildman–Crippen LogP) is 3.42. The number of nitrogens with zero attached hydrogens (tertiary/aromatic N) is 2. The molecule has 0 bridgehead atoms. The Kier molecular flexibility index (Phi) is 9.91. The van der Waals surface area contributed by atoms with E-state index >= 15 is 0 Å². The third kappa shape index (κ3) is 7.72. The molecule has 0 unspecified atom stereocenters. The van der Waals surface area contributed by atoms with Gasteiger partial charge in [0.25, 0.3) is 0 Å². The number of aliphatic imine (C=N–C) groups is 1. The van der Waals surface area contributed by atoms with Crippen LogP contribution in [0.4, 0.5) is 10.1 Å². The fraction of sp³-hybridized carbons (Fsp3) is 0.316. The van der Waals surface area contributed by atoms with Gasteiger partial charge in [-0.15, -0.1) is 24.0 Å². The highest BCUT2D eigenvalue weighted by Gasteiger charge is 2.05. The molecule has 3 N–H and O–H groups in total. The van der Waals surface area contributed by atoms with Crippen LogP contribution in [0.1, 0.15) is 12.0 Å². The molecule has 0 aromatic heterocycles. The van der Waals surface area contributed by atoms with Crippen LogP contribution in [0.15, 0.2) is 59.6 Å². The van der Waals surface area contributed by atoms with Gasteiger partial charge in [0.2, 0.25) is 0 Å². The Balaban J connectivity index is 0.00000312. The fourth-order valence-corrected chi connectivity index (χ4v) is 2.42. The predicted molar refractivity (Wildman–Crippen MR) is 114 cm³/mol. The number of hydrogen-bond donors (Lipinski definition) is 2. The number of rotatable bonds is 8. The van der Waals surface area contributed by atoms with E-state index in [9.17, 15) is 4.39 Å². The molecular formula is C19H26FIN4. The summed E-state index contributed by atoms with van der Waals surface area (Å²) in [4.78, 5) is 6.20. The molecule has 25 heavy (non-hydrogen) atoms. The smallest absolute Gasteiger partial charge is 0.188 e. The molecule has 0 aliphatic carbocycles. The average Bonchev–Trinajstić information content (AvgIpc) is 2.60. The van der Waals surface area contributed by atoms with Crippen LogP contribution in [0.25, 0.3) is 0 Å². The van der Waals surface area contributed by atoms with E-state index < -0.39 is 0 Å². The molecular weight excluding hydrogens is 430 g/mol. The van der Waals surface area contributed by atoms with E-state index in [0.29, 0.717) is 18.2 Å². The van der Waals surface area contributed by atoms with Crippen LogP contribution in [0.2, 0.25) is 0 Å². The molecule has 0 amide bonds. The van der Waals surface area contributed by atoms with Crippen molar-refractivity contribution in [2.75, 3.05) is 31.6 Å². The zero-order chi connectivity index (χ0) is 17.2. The standard InChI is InChI=1S/C19H25FN4.HI/c1-24(18-11-6-5-10-17(18)20)15-7-13-22-19(21)23-14-12-16-8-3-2-4-9-16;/h2-6,8-11H,7,12-15H2,1H3,(H3,21,22,23);1H. The zero-order valence-electron chi connectivity index (χ0n) is 14.5. The maximum atomic E-state index is 13.7. The molecule has 0 aliphatic rings. The Morgan fingerprint density at radius 2 is 1.80 bits per heavy atom. The summed E-state index contributed by atoms with van der Waals surface area (Å²) in [5.74, 6) is 0.255. The van der Waals surface area contributed by atoms with E-state index in [1.165, 1.54) is 11.6 Å². The third-order valence-corrected chi connectivity index (χ3v) is 3.76. The Hall–Kier alpha value is -1.83. The van der Waals surface area contributed by atoms with Crippen LogP contribution in [-0.2, 0) is 6.42 Å². The third-order valence-electron chi connectivity index (χ3n) is 3.76. The second kappa shape index (κ2) is 11.7. The number of nitrogens with one attached hydrogen (secondary N) is 1. The second-order valence-electron chi connectivity index (χ2n) is 5.66. The lowest BCUT2D eigenvalue weighted by Crippen LogP contribution is -2.33. The number of para-hydroxylation sites is 1. The number of hydrogen-bond acceptors (Lipinski definition) is 2. The van der Waals surface area contributed by atoms with E-state index in [4.69, 9.17) is 5.73 Å². The first-order valence-electron chi connectivity index (χ1n) is 8.20. The lowest BCUT2D eigenvalue weighted by atomic mass is 10.1. The molecule has 2 rings (SSSR count). The number of anilines is 1. The summed E-state index contributed by atoms with van der Waals surface area (Å²) < 4.78 is 13.7. The molecule has 0 saturated carbocycles. The maximum absolute atomic E-state index is 13.7. The van der Waals surface area contributed by atoms with Gasteiger partial charge in [0.15, 0.2) is 5.96 Å². The number of halogens is 2. The molecule has 2 aromatic carbocycles. The lowest BCUT2D eigenvalue weighted by Gasteiger charge is -2.19. The van der Waals surface area contributed by atoms with Crippen molar-refractivity contribution in [1.29, 1.82) is 0 Å². The van der Waals surface area contributed by atoms with Gasteiger partial charge < -0.3 is 16.0 Å². The van der Waals surface area contributed by atoms with Gasteiger partial charge >= 0.3 is 0 Å². The number of benzene rings is 2. The van der Waals surface area contributed by atoms with Crippen molar-refractivity contribution < 1.29 is 4.39 Å². The molecule has 0 radical (unpaired) electrons. The Bertz CT molecular complexity index is 649. The van der Waals surface area contributed by atoms with Crippen LogP contribution in [0.5, 0.6) is 0 Å². The van der Waals surface area contributed by atoms with Gasteiger partial charge in [-0.05, 0) is 30.5 Å². The highest BCUT2D eigenvalue weighted by atomic mass is 127. The fourth-order valence-electron chi connectivity index (χ4n) is 2.42. The second-order valence-corrected chi connectivity index (χ2v) is 5.66. The summed E-state index contributed by atoms with van der Waals surface area (Å²) in [6, 6.07) is 17.0. The number of nitrogens with two attached hydrogens (primary N) is 1. The van der Waals surface area contributed by atoms with Crippen LogP contribution >= 0.6 is 24.0 Å². The van der Waals surface area contributed by atoms with E-state index in [-0.39, 0.29) is 29.8 Å². The Morgan fingerprint density at radius 3 is 2.52 bits per heavy atom. The van der Waals surface area contributed by atoms with E-state index in [0.717, 1.165) is 25.9 Å². The van der Waals surface area contributed by atoms with Crippen molar-refractivity contribution in [1.82, 2.24) is 5.32 Å². The number of guanidine groups is 1. The van der Waals surface area contributed by atoms with E-state index in [2.05, 4.69) is 22.4 Å². The SMILES string of the molecule is CN(CCCN=C(N)NCCc1ccccc1)c1ccccc1F.I. The summed E-state index contributed by atoms with van der Waals surface area (Å²) >= 11 is 0. The summed E-state index contributed by atoms with van der Waals surface area (Å²) in [6.45, 7) is 2.10. The van der Waals surface area contributed by atoms with Gasteiger partial charge in [-0.3, -0.25) is 4.99 Å². The topological polar surface area (TPSA) is 53.6 Å². The van der Waals surface area contributed by atoms with Crippen molar-refractivity contribution >= 4 is 35.6 Å². The van der Waals surface area contributed by atoms with Crippen molar-refractivity contribution in [3.63, 3.8) is 0 Å². The van der Waals surface area contributed by atoms with E-state index in [1.807, 2.05) is 36.2 Å². The van der Waals surface area contributed by atoms with Crippen LogP contribution in [0, 0.1) is 5.82 Å². The minimum atomic E-state index is -0.203.